The SMILES string of the molecule is O=C(O)c1ccc(C(=O)Nc2ccc(F)cc2Cl)o1. The average Bonchev–Trinajstić information content (AvgIpc) is 2.82. The summed E-state index contributed by atoms with van der Waals surface area (Å²) in [5, 5.41) is 11.1. The van der Waals surface area contributed by atoms with Crippen LogP contribution in [0.3, 0.4) is 0 Å². The summed E-state index contributed by atoms with van der Waals surface area (Å²) in [7, 11) is 0. The number of nitrogens with one attached hydrogen (secondary N) is 1. The molecule has 0 spiro atoms. The van der Waals surface area contributed by atoms with E-state index in [4.69, 9.17) is 21.1 Å². The summed E-state index contributed by atoms with van der Waals surface area (Å²) in [6.07, 6.45) is 0. The fourth-order valence-corrected chi connectivity index (χ4v) is 1.56. The molecule has 0 unspecified atom stereocenters. The topological polar surface area (TPSA) is 79.5 Å². The lowest BCUT2D eigenvalue weighted by Gasteiger charge is -2.05. The van der Waals surface area contributed by atoms with E-state index >= 15 is 0 Å². The van der Waals surface area contributed by atoms with E-state index in [0.29, 0.717) is 0 Å². The number of carbonyl (C=O) groups excluding carboxylic acids is 1. The molecule has 98 valence electrons. The van der Waals surface area contributed by atoms with Crippen molar-refractivity contribution in [3.05, 3.63) is 52.7 Å². The van der Waals surface area contributed by atoms with Gasteiger partial charge in [-0.3, -0.25) is 4.79 Å². The molecular formula is C12H7ClFNO4. The number of rotatable bonds is 3. The van der Waals surface area contributed by atoms with Crippen LogP contribution in [0.15, 0.2) is 34.7 Å². The molecule has 0 aliphatic carbocycles. The van der Waals surface area contributed by atoms with Gasteiger partial charge in [-0.2, -0.15) is 0 Å². The Morgan fingerprint density at radius 1 is 1.21 bits per heavy atom. The number of furan rings is 1. The highest BCUT2D eigenvalue weighted by Gasteiger charge is 2.16. The van der Waals surface area contributed by atoms with Crippen LogP contribution < -0.4 is 5.32 Å². The van der Waals surface area contributed by atoms with Gasteiger partial charge >= 0.3 is 5.97 Å². The second-order valence-electron chi connectivity index (χ2n) is 3.55. The number of hydrogen-bond acceptors (Lipinski definition) is 3. The Labute approximate surface area is 111 Å². The Morgan fingerprint density at radius 3 is 2.47 bits per heavy atom. The van der Waals surface area contributed by atoms with Gasteiger partial charge in [0.05, 0.1) is 10.7 Å². The average molecular weight is 284 g/mol. The summed E-state index contributed by atoms with van der Waals surface area (Å²) in [4.78, 5) is 22.3. The first-order valence-electron chi connectivity index (χ1n) is 5.07. The molecule has 2 N–H and O–H groups in total. The highest BCUT2D eigenvalue weighted by Crippen LogP contribution is 2.23. The van der Waals surface area contributed by atoms with Gasteiger partial charge in [0.1, 0.15) is 5.82 Å². The summed E-state index contributed by atoms with van der Waals surface area (Å²) in [6.45, 7) is 0. The molecule has 1 heterocycles. The molecule has 0 atom stereocenters. The number of benzene rings is 1. The summed E-state index contributed by atoms with van der Waals surface area (Å²) in [5.74, 6) is -3.03. The highest BCUT2D eigenvalue weighted by molar-refractivity contribution is 6.33. The summed E-state index contributed by atoms with van der Waals surface area (Å²) in [6, 6.07) is 5.84. The van der Waals surface area contributed by atoms with Crippen LogP contribution >= 0.6 is 11.6 Å². The number of halogens is 2. The number of anilines is 1. The maximum atomic E-state index is 12.8. The minimum absolute atomic E-state index is 0.0263. The Morgan fingerprint density at radius 2 is 1.89 bits per heavy atom. The van der Waals surface area contributed by atoms with Crippen LogP contribution in [-0.2, 0) is 0 Å². The van der Waals surface area contributed by atoms with Crippen LogP contribution in [0.5, 0.6) is 0 Å². The van der Waals surface area contributed by atoms with Crippen LogP contribution in [-0.4, -0.2) is 17.0 Å². The zero-order valence-electron chi connectivity index (χ0n) is 9.31. The van der Waals surface area contributed by atoms with E-state index in [-0.39, 0.29) is 22.2 Å². The normalized spacial score (nSPS) is 10.2. The minimum atomic E-state index is -1.28. The molecule has 1 aromatic carbocycles. The fraction of sp³-hybridized carbons (Fsp3) is 0. The summed E-state index contributed by atoms with van der Waals surface area (Å²) >= 11 is 5.74. The van der Waals surface area contributed by atoms with Crippen LogP contribution in [0.2, 0.25) is 5.02 Å². The van der Waals surface area contributed by atoms with E-state index in [0.717, 1.165) is 18.2 Å². The molecule has 0 radical (unpaired) electrons. The zero-order chi connectivity index (χ0) is 14.0. The largest absolute Gasteiger partial charge is 0.475 e. The van der Waals surface area contributed by atoms with Crippen LogP contribution in [0, 0.1) is 5.82 Å². The van der Waals surface area contributed by atoms with Crippen LogP contribution in [0.4, 0.5) is 10.1 Å². The van der Waals surface area contributed by atoms with Crippen molar-refractivity contribution in [2.75, 3.05) is 5.32 Å². The third kappa shape index (κ3) is 2.92. The van der Waals surface area contributed by atoms with Gasteiger partial charge in [0, 0.05) is 0 Å². The molecular weight excluding hydrogens is 277 g/mol. The molecule has 0 saturated carbocycles. The van der Waals surface area contributed by atoms with E-state index in [1.54, 1.807) is 0 Å². The maximum absolute atomic E-state index is 12.8. The van der Waals surface area contributed by atoms with Crippen molar-refractivity contribution in [3.63, 3.8) is 0 Å². The van der Waals surface area contributed by atoms with Gasteiger partial charge in [-0.1, -0.05) is 11.6 Å². The molecule has 0 fully saturated rings. The zero-order valence-corrected chi connectivity index (χ0v) is 10.1. The summed E-state index contributed by atoms with van der Waals surface area (Å²) in [5.41, 5.74) is 0.196. The van der Waals surface area contributed by atoms with Crippen molar-refractivity contribution >= 4 is 29.2 Å². The number of amides is 1. The van der Waals surface area contributed by atoms with Gasteiger partial charge in [0.25, 0.3) is 5.91 Å². The van der Waals surface area contributed by atoms with Gasteiger partial charge in [0.15, 0.2) is 5.76 Å². The molecule has 19 heavy (non-hydrogen) atoms. The molecule has 1 amide bonds. The molecule has 1 aromatic heterocycles. The Kier molecular flexibility index (Phi) is 3.52. The molecule has 2 rings (SSSR count). The first kappa shape index (κ1) is 13.1. The van der Waals surface area contributed by atoms with Crippen molar-refractivity contribution in [2.24, 2.45) is 0 Å². The minimum Gasteiger partial charge on any atom is -0.475 e. The second-order valence-corrected chi connectivity index (χ2v) is 3.95. The first-order chi connectivity index (χ1) is 8.97. The molecule has 0 aliphatic heterocycles. The Bertz CT molecular complexity index is 653. The van der Waals surface area contributed by atoms with Crippen molar-refractivity contribution in [1.82, 2.24) is 0 Å². The van der Waals surface area contributed by atoms with Crippen LogP contribution in [0.25, 0.3) is 0 Å². The van der Waals surface area contributed by atoms with Crippen molar-refractivity contribution in [1.29, 1.82) is 0 Å². The van der Waals surface area contributed by atoms with Crippen molar-refractivity contribution < 1.29 is 23.5 Å². The molecule has 5 nitrogen and oxygen atoms in total. The van der Waals surface area contributed by atoms with E-state index in [1.165, 1.54) is 12.1 Å². The highest BCUT2D eigenvalue weighted by atomic mass is 35.5. The van der Waals surface area contributed by atoms with Crippen LogP contribution in [0.1, 0.15) is 21.1 Å². The van der Waals surface area contributed by atoms with Crippen molar-refractivity contribution in [3.8, 4) is 0 Å². The third-order valence-corrected chi connectivity index (χ3v) is 2.53. The summed E-state index contributed by atoms with van der Waals surface area (Å²) < 4.78 is 17.6. The fourth-order valence-electron chi connectivity index (χ4n) is 1.35. The number of hydrogen-bond donors (Lipinski definition) is 2. The van der Waals surface area contributed by atoms with E-state index < -0.39 is 17.7 Å². The van der Waals surface area contributed by atoms with Gasteiger partial charge in [-0.05, 0) is 30.3 Å². The third-order valence-electron chi connectivity index (χ3n) is 2.22. The van der Waals surface area contributed by atoms with Gasteiger partial charge in [-0.15, -0.1) is 0 Å². The predicted octanol–water partition coefficient (Wildman–Crippen LogP) is 3.02. The monoisotopic (exact) mass is 283 g/mol. The first-order valence-corrected chi connectivity index (χ1v) is 5.44. The Balaban J connectivity index is 2.18. The predicted molar refractivity (Wildman–Crippen MR) is 65.0 cm³/mol. The quantitative estimate of drug-likeness (QED) is 0.907. The van der Waals surface area contributed by atoms with E-state index in [2.05, 4.69) is 5.32 Å². The maximum Gasteiger partial charge on any atom is 0.371 e. The van der Waals surface area contributed by atoms with Crippen molar-refractivity contribution in [2.45, 2.75) is 0 Å². The number of carboxylic acid groups (broad SMARTS) is 1. The number of carbonyl (C=O) groups is 2. The number of carboxylic acids is 1. The Hall–Kier alpha value is -2.34. The van der Waals surface area contributed by atoms with E-state index in [1.807, 2.05) is 0 Å². The van der Waals surface area contributed by atoms with Gasteiger partial charge in [-0.25, -0.2) is 9.18 Å². The molecule has 0 saturated heterocycles. The smallest absolute Gasteiger partial charge is 0.371 e. The lowest BCUT2D eigenvalue weighted by Crippen LogP contribution is -2.11. The van der Waals surface area contributed by atoms with E-state index in [9.17, 15) is 14.0 Å². The van der Waals surface area contributed by atoms with Gasteiger partial charge < -0.3 is 14.8 Å². The number of aromatic carboxylic acids is 1. The molecule has 7 heteroatoms. The molecule has 0 bridgehead atoms. The second kappa shape index (κ2) is 5.11. The molecule has 2 aromatic rings. The standard InChI is InChI=1S/C12H7ClFNO4/c13-7-5-6(14)1-2-8(7)15-11(16)9-3-4-10(19-9)12(17)18/h1-5H,(H,15,16)(H,17,18). The lowest BCUT2D eigenvalue weighted by atomic mass is 10.3. The van der Waals surface area contributed by atoms with Gasteiger partial charge in [0.2, 0.25) is 5.76 Å². The lowest BCUT2D eigenvalue weighted by molar-refractivity contribution is 0.0660. The molecule has 0 aliphatic rings.